The quantitative estimate of drug-likeness (QED) is 0.0236. The molecule has 0 aromatic heterocycles. The van der Waals surface area contributed by atoms with Gasteiger partial charge in [0.1, 0.15) is 12.7 Å². The van der Waals surface area contributed by atoms with E-state index in [0.717, 1.165) is 57.8 Å². The van der Waals surface area contributed by atoms with Crippen LogP contribution in [0.1, 0.15) is 168 Å². The van der Waals surface area contributed by atoms with E-state index in [2.05, 4.69) is 79.1 Å². The largest absolute Gasteiger partial charge is 0.472 e. The number of ether oxygens (including phenoxy) is 2. The van der Waals surface area contributed by atoms with Gasteiger partial charge in [0.2, 0.25) is 0 Å². The Balaban J connectivity index is 4.43. The molecule has 0 aromatic rings. The fraction of sp³-hybridized carbons (Fsp3) is 0.696. The summed E-state index contributed by atoms with van der Waals surface area (Å²) in [4.78, 5) is 35.0. The van der Waals surface area contributed by atoms with Crippen molar-refractivity contribution in [2.75, 3.05) is 26.4 Å². The summed E-state index contributed by atoms with van der Waals surface area (Å²) in [7, 11) is -4.64. The molecule has 57 heavy (non-hydrogen) atoms. The van der Waals surface area contributed by atoms with Gasteiger partial charge < -0.3 is 24.6 Å². The highest BCUT2D eigenvalue weighted by atomic mass is 31.2. The number of aliphatic hydroxyl groups is 2. The summed E-state index contributed by atoms with van der Waals surface area (Å²) in [5, 5.41) is 18.3. The Morgan fingerprint density at radius 1 is 0.544 bits per heavy atom. The number of carbonyl (C=O) groups is 2. The lowest BCUT2D eigenvalue weighted by Gasteiger charge is -2.20. The van der Waals surface area contributed by atoms with Gasteiger partial charge in [0.15, 0.2) is 6.10 Å². The van der Waals surface area contributed by atoms with Crippen LogP contribution in [-0.4, -0.2) is 65.7 Å². The molecule has 0 aliphatic rings. The molecule has 11 heteroatoms. The fourth-order valence-electron chi connectivity index (χ4n) is 5.55. The first-order chi connectivity index (χ1) is 27.7. The van der Waals surface area contributed by atoms with Crippen LogP contribution in [0.3, 0.4) is 0 Å². The maximum Gasteiger partial charge on any atom is 0.472 e. The summed E-state index contributed by atoms with van der Waals surface area (Å²) >= 11 is 0. The van der Waals surface area contributed by atoms with Crippen molar-refractivity contribution in [3.8, 4) is 0 Å². The van der Waals surface area contributed by atoms with Gasteiger partial charge in [-0.2, -0.15) is 0 Å². The first-order valence-corrected chi connectivity index (χ1v) is 23.4. The summed E-state index contributed by atoms with van der Waals surface area (Å²) in [6, 6.07) is 0. The molecule has 0 saturated carbocycles. The number of rotatable bonds is 40. The van der Waals surface area contributed by atoms with E-state index >= 15 is 0 Å². The zero-order valence-corrected chi connectivity index (χ0v) is 36.4. The van der Waals surface area contributed by atoms with E-state index in [1.807, 2.05) is 12.2 Å². The topological polar surface area (TPSA) is 149 Å². The van der Waals surface area contributed by atoms with E-state index in [1.54, 1.807) is 0 Å². The van der Waals surface area contributed by atoms with E-state index in [-0.39, 0.29) is 19.4 Å². The Kier molecular flexibility index (Phi) is 39.7. The molecule has 0 amide bonds. The van der Waals surface area contributed by atoms with Crippen LogP contribution >= 0.6 is 7.82 Å². The molecular weight excluding hydrogens is 743 g/mol. The van der Waals surface area contributed by atoms with Crippen LogP contribution in [0.5, 0.6) is 0 Å². The molecule has 3 atom stereocenters. The van der Waals surface area contributed by atoms with Crippen molar-refractivity contribution >= 4 is 19.8 Å². The number of phosphoric acid groups is 1. The summed E-state index contributed by atoms with van der Waals surface area (Å²) in [6.07, 6.45) is 47.4. The average Bonchev–Trinajstić information content (AvgIpc) is 3.20. The highest BCUT2D eigenvalue weighted by Crippen LogP contribution is 2.43. The van der Waals surface area contributed by atoms with Gasteiger partial charge in [-0.3, -0.25) is 18.6 Å². The molecule has 328 valence electrons. The first kappa shape index (κ1) is 54.4. The van der Waals surface area contributed by atoms with Crippen LogP contribution in [0, 0.1) is 0 Å². The zero-order chi connectivity index (χ0) is 41.9. The van der Waals surface area contributed by atoms with Gasteiger partial charge in [-0.15, -0.1) is 0 Å². The smallest absolute Gasteiger partial charge is 0.462 e. The van der Waals surface area contributed by atoms with E-state index in [9.17, 15) is 24.2 Å². The number of aliphatic hydroxyl groups excluding tert-OH is 2. The molecular formula is C46H79O10P. The second-order valence-electron chi connectivity index (χ2n) is 14.3. The standard InChI is InChI=1S/C46H79O10P/c1-3-5-7-9-11-13-15-17-19-20-21-22-24-26-28-30-32-34-36-38-46(50)56-44(42-55-57(51,52)54-40-43(48)39-47)41-53-45(49)37-35-33-31-29-27-25-23-18-16-14-12-10-8-6-4-2/h5,7,11,13,17,19,21-22,26,28,32,34,43-44,47-48H,3-4,6,8-10,12,14-16,18,20,23-25,27,29-31,33,35-42H2,1-2H3,(H,51,52)/b7-5+,13-11+,19-17+,22-21+,28-26+,34-32+/t43-,44+/m0/s1. The van der Waals surface area contributed by atoms with Crippen molar-refractivity contribution in [2.24, 2.45) is 0 Å². The summed E-state index contributed by atoms with van der Waals surface area (Å²) < 4.78 is 32.6. The van der Waals surface area contributed by atoms with Crippen molar-refractivity contribution in [1.82, 2.24) is 0 Å². The SMILES string of the molecule is CC/C=C/C/C=C/C/C=C/C/C=C/C/C=C/C/C=C/CCC(=O)O[C@H](COC(=O)CCCCCCCCCCCCCCCCC)COP(=O)(O)OC[C@@H](O)CO. The maximum atomic E-state index is 12.6. The average molecular weight is 823 g/mol. The van der Waals surface area contributed by atoms with Gasteiger partial charge in [-0.05, 0) is 51.4 Å². The van der Waals surface area contributed by atoms with Gasteiger partial charge in [-0.1, -0.05) is 177 Å². The molecule has 0 aliphatic heterocycles. The predicted molar refractivity (Wildman–Crippen MR) is 233 cm³/mol. The van der Waals surface area contributed by atoms with E-state index in [1.165, 1.54) is 70.6 Å². The molecule has 1 unspecified atom stereocenters. The van der Waals surface area contributed by atoms with Gasteiger partial charge in [0, 0.05) is 12.8 Å². The number of phosphoric ester groups is 1. The number of unbranched alkanes of at least 4 members (excludes halogenated alkanes) is 14. The summed E-state index contributed by atoms with van der Waals surface area (Å²) in [5.41, 5.74) is 0. The lowest BCUT2D eigenvalue weighted by molar-refractivity contribution is -0.161. The third kappa shape index (κ3) is 41.4. The molecule has 10 nitrogen and oxygen atoms in total. The van der Waals surface area contributed by atoms with Crippen LogP contribution in [0.2, 0.25) is 0 Å². The summed E-state index contributed by atoms with van der Waals surface area (Å²) in [6.45, 7) is 2.18. The van der Waals surface area contributed by atoms with E-state index < -0.39 is 51.8 Å². The van der Waals surface area contributed by atoms with Crippen LogP contribution in [0.25, 0.3) is 0 Å². The Morgan fingerprint density at radius 3 is 1.42 bits per heavy atom. The van der Waals surface area contributed by atoms with Crippen molar-refractivity contribution < 1.29 is 47.8 Å². The zero-order valence-electron chi connectivity index (χ0n) is 35.5. The normalized spacial score (nSPS) is 14.5. The molecule has 0 fully saturated rings. The third-order valence-electron chi connectivity index (χ3n) is 8.89. The van der Waals surface area contributed by atoms with E-state index in [4.69, 9.17) is 19.1 Å². The van der Waals surface area contributed by atoms with Crippen molar-refractivity contribution in [3.05, 3.63) is 72.9 Å². The molecule has 0 saturated heterocycles. The van der Waals surface area contributed by atoms with Crippen LogP contribution in [-0.2, 0) is 32.7 Å². The third-order valence-corrected chi connectivity index (χ3v) is 9.84. The highest BCUT2D eigenvalue weighted by Gasteiger charge is 2.27. The monoisotopic (exact) mass is 823 g/mol. The number of hydrogen-bond acceptors (Lipinski definition) is 9. The minimum atomic E-state index is -4.64. The van der Waals surface area contributed by atoms with E-state index in [0.29, 0.717) is 12.8 Å². The molecule has 0 aromatic carbocycles. The van der Waals surface area contributed by atoms with Crippen LogP contribution < -0.4 is 0 Å². The minimum Gasteiger partial charge on any atom is -0.462 e. The fourth-order valence-corrected chi connectivity index (χ4v) is 6.34. The van der Waals surface area contributed by atoms with Crippen LogP contribution in [0.15, 0.2) is 72.9 Å². The Bertz CT molecular complexity index is 1180. The molecule has 0 aliphatic carbocycles. The van der Waals surface area contributed by atoms with Gasteiger partial charge >= 0.3 is 19.8 Å². The number of esters is 2. The van der Waals surface area contributed by atoms with Gasteiger partial charge in [0.25, 0.3) is 0 Å². The molecule has 0 rings (SSSR count). The minimum absolute atomic E-state index is 0.0573. The Labute approximate surface area is 346 Å². The molecule has 0 bridgehead atoms. The van der Waals surface area contributed by atoms with Crippen molar-refractivity contribution in [3.63, 3.8) is 0 Å². The molecule has 0 spiro atoms. The van der Waals surface area contributed by atoms with Crippen molar-refractivity contribution in [1.29, 1.82) is 0 Å². The first-order valence-electron chi connectivity index (χ1n) is 21.9. The highest BCUT2D eigenvalue weighted by molar-refractivity contribution is 7.47. The lowest BCUT2D eigenvalue weighted by Crippen LogP contribution is -2.29. The predicted octanol–water partition coefficient (Wildman–Crippen LogP) is 11.7. The number of carbonyl (C=O) groups excluding carboxylic acids is 2. The summed E-state index contributed by atoms with van der Waals surface area (Å²) in [5.74, 6) is -1.02. The van der Waals surface area contributed by atoms with Gasteiger partial charge in [0.05, 0.1) is 19.8 Å². The Morgan fingerprint density at radius 2 is 0.965 bits per heavy atom. The second-order valence-corrected chi connectivity index (χ2v) is 15.8. The van der Waals surface area contributed by atoms with Gasteiger partial charge in [-0.25, -0.2) is 4.57 Å². The second kappa shape index (κ2) is 41.6. The maximum absolute atomic E-state index is 12.6. The lowest BCUT2D eigenvalue weighted by atomic mass is 10.0. The number of allylic oxidation sites excluding steroid dienone is 12. The molecule has 3 N–H and O–H groups in total. The molecule has 0 radical (unpaired) electrons. The number of hydrogen-bond donors (Lipinski definition) is 3. The van der Waals surface area contributed by atoms with Crippen molar-refractivity contribution in [2.45, 2.75) is 180 Å². The molecule has 0 heterocycles. The Hall–Kier alpha value is -2.59. The van der Waals surface area contributed by atoms with Crippen LogP contribution in [0.4, 0.5) is 0 Å².